The van der Waals surface area contributed by atoms with E-state index in [1.807, 2.05) is 18.2 Å². The Kier molecular flexibility index (Phi) is 11.5. The highest BCUT2D eigenvalue weighted by molar-refractivity contribution is 5.36. The van der Waals surface area contributed by atoms with Crippen LogP contribution in [0.1, 0.15) is 85.4 Å². The molecule has 1 saturated carbocycles. The van der Waals surface area contributed by atoms with Crippen molar-refractivity contribution in [2.75, 3.05) is 45.9 Å². The van der Waals surface area contributed by atoms with E-state index in [9.17, 15) is 20.4 Å². The van der Waals surface area contributed by atoms with Gasteiger partial charge in [-0.05, 0) is 60.1 Å². The van der Waals surface area contributed by atoms with Gasteiger partial charge in [-0.15, -0.1) is 0 Å². The molecule has 260 valence electrons. The molecule has 1 aliphatic carbocycles. The van der Waals surface area contributed by atoms with Gasteiger partial charge in [0, 0.05) is 36.9 Å². The van der Waals surface area contributed by atoms with Crippen molar-refractivity contribution in [1.29, 1.82) is 0 Å². The molecule has 0 aromatic heterocycles. The second kappa shape index (κ2) is 15.8. The molecule has 3 heterocycles. The Bertz CT molecular complexity index is 1440. The van der Waals surface area contributed by atoms with Crippen molar-refractivity contribution in [1.82, 2.24) is 5.32 Å². The van der Waals surface area contributed by atoms with Gasteiger partial charge in [-0.3, -0.25) is 0 Å². The van der Waals surface area contributed by atoms with Crippen molar-refractivity contribution in [3.05, 3.63) is 101 Å². The zero-order valence-electron chi connectivity index (χ0n) is 28.5. The van der Waals surface area contributed by atoms with Crippen LogP contribution in [0.5, 0.6) is 5.75 Å². The molecule has 8 heteroatoms. The van der Waals surface area contributed by atoms with Crippen LogP contribution in [0.2, 0.25) is 0 Å². The van der Waals surface area contributed by atoms with E-state index in [-0.39, 0.29) is 30.4 Å². The maximum Gasteiger partial charge on any atom is 0.121 e. The molecule has 3 aromatic rings. The van der Waals surface area contributed by atoms with Crippen molar-refractivity contribution < 1.29 is 34.4 Å². The van der Waals surface area contributed by atoms with E-state index in [2.05, 4.69) is 48.6 Å². The van der Waals surface area contributed by atoms with Gasteiger partial charge in [0.15, 0.2) is 0 Å². The minimum absolute atomic E-state index is 0.0284. The average Bonchev–Trinajstić information content (AvgIpc) is 3.69. The molecule has 2 bridgehead atoms. The van der Waals surface area contributed by atoms with Crippen LogP contribution < -0.4 is 5.32 Å². The van der Waals surface area contributed by atoms with E-state index in [1.54, 1.807) is 12.1 Å². The standard InChI is InChI=1S/C40H54N2O6/c1-29(41-24-38(45)33-15-16-37(44)34(23-33)26-43)31-13-11-30(12-14-31)27-47-22-21-42-19-17-32(18-20-42)39(25-42)48-28-40(46,36-9-5-6-10-36)35-7-3-2-4-8-35/h2-4,7-8,11-16,23,29,32,36,38-39,41,43,45-46H,5-6,9-10,17-22,24-28H2,1H3/p+1/t29?,32?,38-,39-,40+,42?/m0/s1. The van der Waals surface area contributed by atoms with Crippen molar-refractivity contribution in [2.24, 2.45) is 11.8 Å². The number of ether oxygens (including phenoxy) is 2. The second-order valence-electron chi connectivity index (χ2n) is 14.6. The lowest BCUT2D eigenvalue weighted by Crippen LogP contribution is -2.65. The predicted molar refractivity (Wildman–Crippen MR) is 186 cm³/mol. The fraction of sp³-hybridized carbons (Fsp3) is 0.550. The van der Waals surface area contributed by atoms with Gasteiger partial charge in [-0.2, -0.15) is 0 Å². The number of quaternary nitrogens is 1. The fourth-order valence-electron chi connectivity index (χ4n) is 8.34. The third-order valence-electron chi connectivity index (χ3n) is 11.6. The van der Waals surface area contributed by atoms with Crippen LogP contribution in [0.15, 0.2) is 72.8 Å². The summed E-state index contributed by atoms with van der Waals surface area (Å²) in [5.74, 6) is 0.873. The van der Waals surface area contributed by atoms with Crippen LogP contribution in [-0.2, 0) is 28.3 Å². The van der Waals surface area contributed by atoms with Gasteiger partial charge in [0.05, 0.1) is 45.6 Å². The van der Waals surface area contributed by atoms with Crippen LogP contribution in [0.3, 0.4) is 0 Å². The number of aliphatic hydroxyl groups is 3. The fourth-order valence-corrected chi connectivity index (χ4v) is 8.34. The molecule has 48 heavy (non-hydrogen) atoms. The van der Waals surface area contributed by atoms with Crippen molar-refractivity contribution in [2.45, 2.75) is 82.5 Å². The summed E-state index contributed by atoms with van der Waals surface area (Å²) in [4.78, 5) is 0. The average molecular weight is 660 g/mol. The monoisotopic (exact) mass is 659 g/mol. The first-order chi connectivity index (χ1) is 23.3. The maximum atomic E-state index is 12.0. The first-order valence-electron chi connectivity index (χ1n) is 18.0. The van der Waals surface area contributed by atoms with E-state index in [0.29, 0.717) is 43.4 Å². The molecule has 0 spiro atoms. The third-order valence-corrected chi connectivity index (χ3v) is 11.6. The molecule has 4 fully saturated rings. The lowest BCUT2D eigenvalue weighted by atomic mass is 9.80. The van der Waals surface area contributed by atoms with Crippen LogP contribution in [0, 0.1) is 11.8 Å². The number of aliphatic hydroxyl groups excluding tert-OH is 2. The summed E-state index contributed by atoms with van der Waals surface area (Å²) in [5.41, 5.74) is 3.40. The Balaban J connectivity index is 0.951. The molecule has 8 nitrogen and oxygen atoms in total. The minimum Gasteiger partial charge on any atom is -0.508 e. The number of fused-ring (bicyclic) bond motifs is 3. The van der Waals surface area contributed by atoms with Gasteiger partial charge in [0.1, 0.15) is 30.5 Å². The van der Waals surface area contributed by atoms with Gasteiger partial charge in [-0.25, -0.2) is 0 Å². The van der Waals surface area contributed by atoms with E-state index in [1.165, 1.54) is 44.8 Å². The number of piperidine rings is 3. The van der Waals surface area contributed by atoms with Gasteiger partial charge in [-0.1, -0.05) is 73.5 Å². The molecule has 0 amide bonds. The van der Waals surface area contributed by atoms with E-state index in [4.69, 9.17) is 9.47 Å². The molecular formula is C40H55N2O6+. The third kappa shape index (κ3) is 8.13. The molecule has 4 aliphatic rings. The Morgan fingerprint density at radius 2 is 1.65 bits per heavy atom. The molecule has 1 unspecified atom stereocenters. The topological polar surface area (TPSA) is 111 Å². The maximum absolute atomic E-state index is 12.0. The van der Waals surface area contributed by atoms with Crippen LogP contribution >= 0.6 is 0 Å². The minimum atomic E-state index is -0.915. The summed E-state index contributed by atoms with van der Waals surface area (Å²) in [7, 11) is 0. The van der Waals surface area contributed by atoms with Crippen LogP contribution in [-0.4, -0.2) is 77.0 Å². The van der Waals surface area contributed by atoms with E-state index >= 15 is 0 Å². The Morgan fingerprint density at radius 1 is 0.938 bits per heavy atom. The summed E-state index contributed by atoms with van der Waals surface area (Å²) in [6, 6.07) is 23.5. The first-order valence-corrected chi connectivity index (χ1v) is 18.0. The summed E-state index contributed by atoms with van der Waals surface area (Å²) >= 11 is 0. The number of nitrogens with zero attached hydrogens (tertiary/aromatic N) is 1. The normalized spacial score (nSPS) is 25.2. The SMILES string of the molecule is CC(NC[C@H](O)c1ccc(O)c(CO)c1)c1ccc(COCC[N+]23CCC(CC2)[C@@H](OC[C@@](O)(c2ccccc2)C2CCCC2)C3)cc1. The Hall–Kier alpha value is -2.82. The molecular weight excluding hydrogens is 604 g/mol. The molecule has 4 atom stereocenters. The van der Waals surface area contributed by atoms with Crippen LogP contribution in [0.4, 0.5) is 0 Å². The van der Waals surface area contributed by atoms with Crippen molar-refractivity contribution >= 4 is 0 Å². The number of hydrogen-bond acceptors (Lipinski definition) is 7. The van der Waals surface area contributed by atoms with Gasteiger partial charge in [0.2, 0.25) is 0 Å². The number of rotatable bonds is 16. The highest BCUT2D eigenvalue weighted by Gasteiger charge is 2.48. The Morgan fingerprint density at radius 3 is 2.35 bits per heavy atom. The molecule has 3 aromatic carbocycles. The van der Waals surface area contributed by atoms with Crippen LogP contribution in [0.25, 0.3) is 0 Å². The number of phenols is 1. The van der Waals surface area contributed by atoms with Gasteiger partial charge < -0.3 is 39.7 Å². The predicted octanol–water partition coefficient (Wildman–Crippen LogP) is 5.49. The van der Waals surface area contributed by atoms with Crippen molar-refractivity contribution in [3.63, 3.8) is 0 Å². The largest absolute Gasteiger partial charge is 0.508 e. The van der Waals surface area contributed by atoms with Crippen molar-refractivity contribution in [3.8, 4) is 5.75 Å². The Labute approximate surface area is 285 Å². The summed E-state index contributed by atoms with van der Waals surface area (Å²) in [5, 5.41) is 45.2. The second-order valence-corrected chi connectivity index (χ2v) is 14.6. The smallest absolute Gasteiger partial charge is 0.121 e. The molecule has 0 radical (unpaired) electrons. The van der Waals surface area contributed by atoms with Gasteiger partial charge in [0.25, 0.3) is 0 Å². The van der Waals surface area contributed by atoms with E-state index < -0.39 is 11.7 Å². The number of aromatic hydroxyl groups is 1. The summed E-state index contributed by atoms with van der Waals surface area (Å²) in [6.07, 6.45) is 6.31. The number of nitrogens with one attached hydrogen (secondary N) is 1. The van der Waals surface area contributed by atoms with E-state index in [0.717, 1.165) is 47.1 Å². The first kappa shape index (κ1) is 35.0. The summed E-state index contributed by atoms with van der Waals surface area (Å²) < 4.78 is 14.0. The van der Waals surface area contributed by atoms with Gasteiger partial charge >= 0.3 is 0 Å². The summed E-state index contributed by atoms with van der Waals surface area (Å²) in [6.45, 7) is 8.17. The zero-order chi connectivity index (χ0) is 33.6. The zero-order valence-corrected chi connectivity index (χ0v) is 28.5. The molecule has 3 aliphatic heterocycles. The lowest BCUT2D eigenvalue weighted by Gasteiger charge is -2.52. The molecule has 5 N–H and O–H groups in total. The quantitative estimate of drug-likeness (QED) is 0.102. The highest BCUT2D eigenvalue weighted by Crippen LogP contribution is 2.42. The highest BCUT2D eigenvalue weighted by atomic mass is 16.5. The number of benzene rings is 3. The number of hydrogen-bond donors (Lipinski definition) is 5. The molecule has 7 rings (SSSR count). The lowest BCUT2D eigenvalue weighted by molar-refractivity contribution is -0.946. The molecule has 3 saturated heterocycles.